The first kappa shape index (κ1) is 22.0. The molecule has 0 aliphatic rings. The molecule has 0 bridgehead atoms. The third-order valence-electron chi connectivity index (χ3n) is 3.09. The predicted molar refractivity (Wildman–Crippen MR) is 86.6 cm³/mol. The van der Waals surface area contributed by atoms with E-state index in [2.05, 4.69) is 64.1 Å². The molecule has 1 aromatic carbocycles. The van der Waals surface area contributed by atoms with Crippen LogP contribution in [0.25, 0.3) is 0 Å². The molecule has 0 aliphatic carbocycles. The van der Waals surface area contributed by atoms with E-state index in [-0.39, 0.29) is 24.8 Å². The van der Waals surface area contributed by atoms with E-state index >= 15 is 0 Å². The van der Waals surface area contributed by atoms with Crippen LogP contribution in [0.15, 0.2) is 29.4 Å². The summed E-state index contributed by atoms with van der Waals surface area (Å²) < 4.78 is 1.70. The standard InChI is InChI=1S/C14H22N6S.2ClH/c1-19(2)13-7-5-12(6-8-13)11-15-9-4-10-21-14-16-17-18-20(14)3;;/h5-8,15H,4,9-11H2,1-3H3;2*1H/p-2. The van der Waals surface area contributed by atoms with Gasteiger partial charge in [0.25, 0.3) is 0 Å². The van der Waals surface area contributed by atoms with Gasteiger partial charge in [0.15, 0.2) is 0 Å². The van der Waals surface area contributed by atoms with Crippen LogP contribution in [0.4, 0.5) is 5.69 Å². The van der Waals surface area contributed by atoms with Crippen molar-refractivity contribution in [1.82, 2.24) is 25.5 Å². The molecule has 1 aromatic heterocycles. The molecule has 2 rings (SSSR count). The van der Waals surface area contributed by atoms with Gasteiger partial charge in [0.05, 0.1) is 0 Å². The molecule has 1 N–H and O–H groups in total. The Balaban J connectivity index is 0.00000242. The number of aromatic nitrogens is 4. The number of hydrogen-bond donors (Lipinski definition) is 1. The molecule has 0 aliphatic heterocycles. The lowest BCUT2D eigenvalue weighted by molar-refractivity contribution is -0.00100. The maximum Gasteiger partial charge on any atom is 0.209 e. The summed E-state index contributed by atoms with van der Waals surface area (Å²) in [7, 11) is 5.97. The van der Waals surface area contributed by atoms with Crippen molar-refractivity contribution in [3.8, 4) is 0 Å². The fourth-order valence-electron chi connectivity index (χ4n) is 1.85. The Kier molecular flexibility index (Phi) is 11.0. The summed E-state index contributed by atoms with van der Waals surface area (Å²) in [6, 6.07) is 8.63. The van der Waals surface area contributed by atoms with E-state index in [4.69, 9.17) is 0 Å². The Morgan fingerprint density at radius 1 is 1.17 bits per heavy atom. The SMILES string of the molecule is CN(C)c1ccc(CNCCCSc2nnnn2C)cc1.[Cl-].[Cl-]. The highest BCUT2D eigenvalue weighted by Crippen LogP contribution is 2.13. The molecule has 2 aromatic rings. The van der Waals surface area contributed by atoms with Crippen LogP contribution in [-0.2, 0) is 13.6 Å². The minimum Gasteiger partial charge on any atom is -1.00 e. The van der Waals surface area contributed by atoms with Gasteiger partial charge in [0.1, 0.15) is 0 Å². The van der Waals surface area contributed by atoms with Crippen molar-refractivity contribution in [2.75, 3.05) is 31.3 Å². The molecule has 0 radical (unpaired) electrons. The molecular formula is C14H22Cl2N6S-2. The Labute approximate surface area is 154 Å². The van der Waals surface area contributed by atoms with Crippen LogP contribution < -0.4 is 35.0 Å². The third kappa shape index (κ3) is 7.39. The molecule has 23 heavy (non-hydrogen) atoms. The smallest absolute Gasteiger partial charge is 0.209 e. The van der Waals surface area contributed by atoms with Crippen LogP contribution >= 0.6 is 11.8 Å². The van der Waals surface area contributed by atoms with Crippen molar-refractivity contribution >= 4 is 17.4 Å². The number of rotatable bonds is 8. The molecule has 9 heteroatoms. The number of tetrazole rings is 1. The predicted octanol–water partition coefficient (Wildman–Crippen LogP) is -4.44. The number of nitrogens with one attached hydrogen (secondary N) is 1. The summed E-state index contributed by atoms with van der Waals surface area (Å²) in [6.45, 7) is 1.90. The average Bonchev–Trinajstić information content (AvgIpc) is 2.88. The van der Waals surface area contributed by atoms with Gasteiger partial charge in [-0.25, -0.2) is 4.68 Å². The molecule has 0 fully saturated rings. The van der Waals surface area contributed by atoms with E-state index in [1.807, 2.05) is 7.05 Å². The van der Waals surface area contributed by atoms with Crippen molar-refractivity contribution in [2.24, 2.45) is 7.05 Å². The normalized spacial score (nSPS) is 9.87. The number of benzene rings is 1. The summed E-state index contributed by atoms with van der Waals surface area (Å²) in [5, 5.41) is 15.7. The van der Waals surface area contributed by atoms with Crippen LogP contribution in [0.1, 0.15) is 12.0 Å². The second-order valence-electron chi connectivity index (χ2n) is 5.02. The lowest BCUT2D eigenvalue weighted by atomic mass is 10.2. The number of halogens is 2. The van der Waals surface area contributed by atoms with Crippen molar-refractivity contribution in [3.05, 3.63) is 29.8 Å². The van der Waals surface area contributed by atoms with E-state index in [9.17, 15) is 0 Å². The quantitative estimate of drug-likeness (QED) is 0.370. The Bertz CT molecular complexity index is 546. The Morgan fingerprint density at radius 2 is 1.87 bits per heavy atom. The monoisotopic (exact) mass is 376 g/mol. The van der Waals surface area contributed by atoms with E-state index in [1.54, 1.807) is 16.4 Å². The van der Waals surface area contributed by atoms with Gasteiger partial charge in [0, 0.05) is 39.1 Å². The highest BCUT2D eigenvalue weighted by Gasteiger charge is 2.01. The molecule has 6 nitrogen and oxygen atoms in total. The van der Waals surface area contributed by atoms with Crippen LogP contribution in [0.5, 0.6) is 0 Å². The molecule has 0 saturated heterocycles. The summed E-state index contributed by atoms with van der Waals surface area (Å²) in [5.74, 6) is 1.01. The fourth-order valence-corrected chi connectivity index (χ4v) is 2.64. The van der Waals surface area contributed by atoms with E-state index in [0.29, 0.717) is 0 Å². The van der Waals surface area contributed by atoms with Crippen molar-refractivity contribution in [1.29, 1.82) is 0 Å². The molecule has 0 atom stereocenters. The third-order valence-corrected chi connectivity index (χ3v) is 4.19. The van der Waals surface area contributed by atoms with Gasteiger partial charge >= 0.3 is 0 Å². The molecule has 130 valence electrons. The van der Waals surface area contributed by atoms with Gasteiger partial charge < -0.3 is 35.0 Å². The first-order valence-electron chi connectivity index (χ1n) is 6.99. The second-order valence-corrected chi connectivity index (χ2v) is 6.09. The van der Waals surface area contributed by atoms with Crippen molar-refractivity contribution < 1.29 is 24.8 Å². The molecular weight excluding hydrogens is 355 g/mol. The number of aryl methyl sites for hydroxylation is 1. The fraction of sp³-hybridized carbons (Fsp3) is 0.500. The highest BCUT2D eigenvalue weighted by atomic mass is 35.5. The Morgan fingerprint density at radius 3 is 2.43 bits per heavy atom. The van der Waals surface area contributed by atoms with Crippen LogP contribution in [0.3, 0.4) is 0 Å². The first-order chi connectivity index (χ1) is 10.2. The molecule has 0 saturated carbocycles. The zero-order chi connectivity index (χ0) is 15.1. The van der Waals surface area contributed by atoms with Gasteiger partial charge in [-0.2, -0.15) is 0 Å². The Hall–Kier alpha value is -1.02. The first-order valence-corrected chi connectivity index (χ1v) is 7.97. The number of nitrogens with zero attached hydrogens (tertiary/aromatic N) is 5. The average molecular weight is 377 g/mol. The maximum absolute atomic E-state index is 3.94. The topological polar surface area (TPSA) is 58.9 Å². The minimum absolute atomic E-state index is 0. The van der Waals surface area contributed by atoms with E-state index in [0.717, 1.165) is 30.4 Å². The molecule has 1 heterocycles. The maximum atomic E-state index is 3.94. The lowest BCUT2D eigenvalue weighted by Crippen LogP contribution is -3.00. The van der Waals surface area contributed by atoms with Gasteiger partial charge in [-0.3, -0.25) is 0 Å². The summed E-state index contributed by atoms with van der Waals surface area (Å²) in [5.41, 5.74) is 2.54. The largest absolute Gasteiger partial charge is 1.00 e. The molecule has 0 spiro atoms. The zero-order valence-electron chi connectivity index (χ0n) is 13.5. The lowest BCUT2D eigenvalue weighted by Gasteiger charge is -2.12. The van der Waals surface area contributed by atoms with E-state index in [1.165, 1.54) is 11.3 Å². The summed E-state index contributed by atoms with van der Waals surface area (Å²) in [6.07, 6.45) is 1.09. The minimum atomic E-state index is 0. The number of anilines is 1. The van der Waals surface area contributed by atoms with Crippen LogP contribution in [0, 0.1) is 0 Å². The van der Waals surface area contributed by atoms with Gasteiger partial charge in [-0.15, -0.1) is 5.10 Å². The number of hydrogen-bond acceptors (Lipinski definition) is 6. The molecule has 0 amide bonds. The van der Waals surface area contributed by atoms with Gasteiger partial charge in [0.2, 0.25) is 5.16 Å². The number of thioether (sulfide) groups is 1. The van der Waals surface area contributed by atoms with Crippen LogP contribution in [-0.4, -0.2) is 46.6 Å². The summed E-state index contributed by atoms with van der Waals surface area (Å²) in [4.78, 5) is 2.11. The van der Waals surface area contributed by atoms with Gasteiger partial charge in [-0.1, -0.05) is 23.9 Å². The zero-order valence-corrected chi connectivity index (χ0v) is 15.9. The highest BCUT2D eigenvalue weighted by molar-refractivity contribution is 7.99. The van der Waals surface area contributed by atoms with Gasteiger partial charge in [-0.05, 0) is 41.1 Å². The second kappa shape index (κ2) is 11.5. The van der Waals surface area contributed by atoms with E-state index < -0.39 is 0 Å². The van der Waals surface area contributed by atoms with Crippen molar-refractivity contribution in [2.45, 2.75) is 18.1 Å². The van der Waals surface area contributed by atoms with Crippen molar-refractivity contribution in [3.63, 3.8) is 0 Å². The van der Waals surface area contributed by atoms with Crippen LogP contribution in [0.2, 0.25) is 0 Å². The summed E-state index contributed by atoms with van der Waals surface area (Å²) >= 11 is 1.69. The molecule has 0 unspecified atom stereocenters.